The van der Waals surface area contributed by atoms with Crippen LogP contribution in [0.5, 0.6) is 5.88 Å². The third kappa shape index (κ3) is 3.24. The largest absolute Gasteiger partial charge is 0.477 e. The fourth-order valence-electron chi connectivity index (χ4n) is 3.33. The van der Waals surface area contributed by atoms with Crippen LogP contribution in [-0.4, -0.2) is 32.9 Å². The molecule has 6 nitrogen and oxygen atoms in total. The Hall–Kier alpha value is -2.31. The number of ether oxygens (including phenoxy) is 1. The van der Waals surface area contributed by atoms with Crippen LogP contribution >= 0.6 is 23.2 Å². The highest BCUT2D eigenvalue weighted by Crippen LogP contribution is 2.39. The van der Waals surface area contributed by atoms with Crippen LogP contribution in [0.1, 0.15) is 24.0 Å². The number of fused-ring (bicyclic) bond motifs is 1. The third-order valence-corrected chi connectivity index (χ3v) is 5.01. The van der Waals surface area contributed by atoms with E-state index in [0.717, 1.165) is 41.5 Å². The van der Waals surface area contributed by atoms with E-state index in [9.17, 15) is 0 Å². The summed E-state index contributed by atoms with van der Waals surface area (Å²) in [5, 5.41) is 5.77. The molecule has 0 radical (unpaired) electrons. The summed E-state index contributed by atoms with van der Waals surface area (Å²) < 4.78 is 7.36. The van der Waals surface area contributed by atoms with Crippen molar-refractivity contribution in [3.8, 4) is 11.7 Å². The molecule has 140 valence electrons. The molecule has 1 aromatic carbocycles. The van der Waals surface area contributed by atoms with Crippen molar-refractivity contribution < 1.29 is 4.74 Å². The Bertz CT molecular complexity index is 1020. The molecule has 0 aliphatic carbocycles. The van der Waals surface area contributed by atoms with Gasteiger partial charge in [0, 0.05) is 28.9 Å². The molecule has 0 N–H and O–H groups in total. The van der Waals surface area contributed by atoms with Crippen LogP contribution in [0.3, 0.4) is 0 Å². The Morgan fingerprint density at radius 1 is 1.11 bits per heavy atom. The van der Waals surface area contributed by atoms with Crippen molar-refractivity contribution in [1.29, 1.82) is 0 Å². The number of nitrogens with zero attached hydrogens (tertiary/aromatic N) is 5. The lowest BCUT2D eigenvalue weighted by atomic mass is 10.2. The van der Waals surface area contributed by atoms with Gasteiger partial charge in [-0.15, -0.1) is 5.10 Å². The molecule has 4 rings (SSSR count). The van der Waals surface area contributed by atoms with E-state index in [4.69, 9.17) is 27.9 Å². The minimum Gasteiger partial charge on any atom is -0.477 e. The standard InChI is InChI=1S/C19H19Cl2N5O/c1-4-27-17-9-11(2)26(24-17)19-14-7-8-25(18(14)22-12(3)23-19)16-6-5-13(20)10-15(16)21/h5-6,9-10H,4,7-8H2,1-3H3. The molecule has 2 aromatic heterocycles. The van der Waals surface area contributed by atoms with Crippen molar-refractivity contribution >= 4 is 34.7 Å². The average Bonchev–Trinajstić information content (AvgIpc) is 3.18. The van der Waals surface area contributed by atoms with E-state index in [1.54, 1.807) is 6.07 Å². The maximum Gasteiger partial charge on any atom is 0.233 e. The number of hydrogen-bond donors (Lipinski definition) is 0. The summed E-state index contributed by atoms with van der Waals surface area (Å²) in [6.45, 7) is 7.14. The Morgan fingerprint density at radius 3 is 2.63 bits per heavy atom. The van der Waals surface area contributed by atoms with Gasteiger partial charge in [-0.25, -0.2) is 14.6 Å². The molecule has 0 spiro atoms. The van der Waals surface area contributed by atoms with Gasteiger partial charge in [-0.05, 0) is 45.4 Å². The molecular weight excluding hydrogens is 385 g/mol. The third-order valence-electron chi connectivity index (χ3n) is 4.47. The molecule has 0 unspecified atom stereocenters. The van der Waals surface area contributed by atoms with Crippen molar-refractivity contribution in [3.63, 3.8) is 0 Å². The highest BCUT2D eigenvalue weighted by Gasteiger charge is 2.29. The van der Waals surface area contributed by atoms with E-state index in [2.05, 4.69) is 20.0 Å². The number of anilines is 2. The summed E-state index contributed by atoms with van der Waals surface area (Å²) in [5.74, 6) is 2.91. The summed E-state index contributed by atoms with van der Waals surface area (Å²) in [6.07, 6.45) is 0.799. The van der Waals surface area contributed by atoms with Gasteiger partial charge >= 0.3 is 0 Å². The van der Waals surface area contributed by atoms with E-state index >= 15 is 0 Å². The lowest BCUT2D eigenvalue weighted by Crippen LogP contribution is -2.15. The van der Waals surface area contributed by atoms with Crippen LogP contribution in [0.15, 0.2) is 24.3 Å². The second kappa shape index (κ2) is 7.02. The number of aryl methyl sites for hydroxylation is 2. The van der Waals surface area contributed by atoms with Gasteiger partial charge in [-0.2, -0.15) is 0 Å². The molecule has 3 aromatic rings. The first-order valence-corrected chi connectivity index (χ1v) is 9.53. The van der Waals surface area contributed by atoms with Gasteiger partial charge in [0.1, 0.15) is 11.6 Å². The minimum atomic E-state index is 0.570. The number of aromatic nitrogens is 4. The molecule has 27 heavy (non-hydrogen) atoms. The number of halogens is 2. The van der Waals surface area contributed by atoms with Crippen LogP contribution in [0.2, 0.25) is 10.0 Å². The molecule has 1 aliphatic heterocycles. The Labute approximate surface area is 167 Å². The first-order valence-electron chi connectivity index (χ1n) is 8.78. The van der Waals surface area contributed by atoms with E-state index in [1.807, 2.05) is 43.7 Å². The summed E-state index contributed by atoms with van der Waals surface area (Å²) in [7, 11) is 0. The van der Waals surface area contributed by atoms with Gasteiger partial charge in [0.2, 0.25) is 5.88 Å². The summed E-state index contributed by atoms with van der Waals surface area (Å²) in [4.78, 5) is 11.5. The highest BCUT2D eigenvalue weighted by molar-refractivity contribution is 6.36. The predicted octanol–water partition coefficient (Wildman–Crippen LogP) is 4.68. The topological polar surface area (TPSA) is 56.1 Å². The quantitative estimate of drug-likeness (QED) is 0.632. The molecule has 8 heteroatoms. The number of hydrogen-bond acceptors (Lipinski definition) is 5. The smallest absolute Gasteiger partial charge is 0.233 e. The lowest BCUT2D eigenvalue weighted by molar-refractivity contribution is 0.324. The zero-order valence-corrected chi connectivity index (χ0v) is 16.8. The molecule has 3 heterocycles. The van der Waals surface area contributed by atoms with E-state index in [-0.39, 0.29) is 0 Å². The van der Waals surface area contributed by atoms with E-state index in [1.165, 1.54) is 0 Å². The summed E-state index contributed by atoms with van der Waals surface area (Å²) in [6, 6.07) is 7.42. The van der Waals surface area contributed by atoms with Gasteiger partial charge in [0.25, 0.3) is 0 Å². The molecule has 0 saturated carbocycles. The second-order valence-corrected chi connectivity index (χ2v) is 7.21. The van der Waals surface area contributed by atoms with E-state index < -0.39 is 0 Å². The Kier molecular flexibility index (Phi) is 4.70. The lowest BCUT2D eigenvalue weighted by Gasteiger charge is -2.20. The SMILES string of the molecule is CCOc1cc(C)n(-c2nc(C)nc3c2CCN3c2ccc(Cl)cc2Cl)n1. The Balaban J connectivity index is 1.82. The van der Waals surface area contributed by atoms with Crippen LogP contribution < -0.4 is 9.64 Å². The summed E-state index contributed by atoms with van der Waals surface area (Å²) in [5.41, 5.74) is 2.89. The van der Waals surface area contributed by atoms with E-state index in [0.29, 0.717) is 28.4 Å². The molecule has 0 atom stereocenters. The fourth-order valence-corrected chi connectivity index (χ4v) is 3.84. The molecule has 0 saturated heterocycles. The molecule has 0 fully saturated rings. The zero-order chi connectivity index (χ0) is 19.1. The average molecular weight is 404 g/mol. The number of rotatable bonds is 4. The summed E-state index contributed by atoms with van der Waals surface area (Å²) >= 11 is 12.5. The molecular formula is C19H19Cl2N5O. The second-order valence-electron chi connectivity index (χ2n) is 6.36. The van der Waals surface area contributed by atoms with Crippen LogP contribution in [-0.2, 0) is 6.42 Å². The highest BCUT2D eigenvalue weighted by atomic mass is 35.5. The maximum atomic E-state index is 6.43. The van der Waals surface area contributed by atoms with Crippen molar-refractivity contribution in [2.75, 3.05) is 18.1 Å². The molecule has 0 amide bonds. The normalized spacial score (nSPS) is 13.1. The minimum absolute atomic E-state index is 0.570. The van der Waals surface area contributed by atoms with Crippen molar-refractivity contribution in [2.24, 2.45) is 0 Å². The zero-order valence-electron chi connectivity index (χ0n) is 15.3. The predicted molar refractivity (Wildman–Crippen MR) is 107 cm³/mol. The van der Waals surface area contributed by atoms with Crippen LogP contribution in [0, 0.1) is 13.8 Å². The van der Waals surface area contributed by atoms with Crippen molar-refractivity contribution in [3.05, 3.63) is 51.4 Å². The maximum absolute atomic E-state index is 6.43. The van der Waals surface area contributed by atoms with Crippen molar-refractivity contribution in [2.45, 2.75) is 27.2 Å². The molecule has 1 aliphatic rings. The fraction of sp³-hybridized carbons (Fsp3) is 0.316. The first kappa shape index (κ1) is 18.1. The van der Waals surface area contributed by atoms with Gasteiger partial charge in [0.15, 0.2) is 5.82 Å². The van der Waals surface area contributed by atoms with Crippen LogP contribution in [0.25, 0.3) is 5.82 Å². The molecule has 0 bridgehead atoms. The van der Waals surface area contributed by atoms with Gasteiger partial charge in [0.05, 0.1) is 17.3 Å². The Morgan fingerprint density at radius 2 is 1.89 bits per heavy atom. The number of benzene rings is 1. The van der Waals surface area contributed by atoms with Crippen LogP contribution in [0.4, 0.5) is 11.5 Å². The van der Waals surface area contributed by atoms with Gasteiger partial charge in [-0.3, -0.25) is 0 Å². The van der Waals surface area contributed by atoms with Crippen molar-refractivity contribution in [1.82, 2.24) is 19.7 Å². The van der Waals surface area contributed by atoms with Gasteiger partial charge in [-0.1, -0.05) is 23.2 Å². The monoisotopic (exact) mass is 403 g/mol. The first-order chi connectivity index (χ1) is 13.0. The van der Waals surface area contributed by atoms with Gasteiger partial charge < -0.3 is 9.64 Å².